The second-order valence-corrected chi connectivity index (χ2v) is 4.94. The molecule has 0 aliphatic carbocycles. The van der Waals surface area contributed by atoms with Crippen molar-refractivity contribution in [1.82, 2.24) is 0 Å². The molecule has 0 aliphatic heterocycles. The van der Waals surface area contributed by atoms with Gasteiger partial charge in [-0.3, -0.25) is 0 Å². The Morgan fingerprint density at radius 1 is 1.23 bits per heavy atom. The summed E-state index contributed by atoms with van der Waals surface area (Å²) in [5.74, 6) is 0.888. The predicted molar refractivity (Wildman–Crippen MR) is 83.6 cm³/mol. The molecule has 0 aliphatic rings. The van der Waals surface area contributed by atoms with Crippen LogP contribution in [0.25, 0.3) is 0 Å². The molecule has 0 radical (unpaired) electrons. The minimum Gasteiger partial charge on any atom is -0.501 e. The van der Waals surface area contributed by atoms with Gasteiger partial charge in [-0.05, 0) is 42.8 Å². The quantitative estimate of drug-likeness (QED) is 0.495. The van der Waals surface area contributed by atoms with Crippen LogP contribution in [0.1, 0.15) is 31.7 Å². The molecule has 2 nitrogen and oxygen atoms in total. The lowest BCUT2D eigenvalue weighted by atomic mass is 10.2. The first-order chi connectivity index (χ1) is 10.4. The molecular formula is C17H22F3NO. The number of hydrogen-bond donors (Lipinski definition) is 0. The highest BCUT2D eigenvalue weighted by molar-refractivity contribution is 5.50. The van der Waals surface area contributed by atoms with E-state index in [9.17, 15) is 13.2 Å². The molecule has 0 aromatic heterocycles. The van der Waals surface area contributed by atoms with Gasteiger partial charge in [-0.15, -0.1) is 0 Å². The van der Waals surface area contributed by atoms with Crippen LogP contribution in [-0.4, -0.2) is 14.2 Å². The van der Waals surface area contributed by atoms with Crippen molar-refractivity contribution in [2.45, 2.75) is 32.4 Å². The van der Waals surface area contributed by atoms with Gasteiger partial charge in [-0.2, -0.15) is 13.2 Å². The smallest absolute Gasteiger partial charge is 0.416 e. The summed E-state index contributed by atoms with van der Waals surface area (Å²) in [7, 11) is 3.42. The van der Waals surface area contributed by atoms with Gasteiger partial charge < -0.3 is 9.64 Å². The van der Waals surface area contributed by atoms with E-state index in [0.717, 1.165) is 37.2 Å². The van der Waals surface area contributed by atoms with Gasteiger partial charge in [0, 0.05) is 25.4 Å². The van der Waals surface area contributed by atoms with Crippen molar-refractivity contribution in [3.05, 3.63) is 53.9 Å². The van der Waals surface area contributed by atoms with E-state index in [1.165, 1.54) is 12.1 Å². The van der Waals surface area contributed by atoms with Crippen LogP contribution in [0.5, 0.6) is 0 Å². The second kappa shape index (κ2) is 8.51. The van der Waals surface area contributed by atoms with E-state index in [1.807, 2.05) is 12.2 Å². The summed E-state index contributed by atoms with van der Waals surface area (Å²) in [6, 6.07) is 5.06. The highest BCUT2D eigenvalue weighted by Crippen LogP contribution is 2.30. The molecule has 0 unspecified atom stereocenters. The Balaban J connectivity index is 2.69. The lowest BCUT2D eigenvalue weighted by Crippen LogP contribution is -2.09. The Kier molecular flexibility index (Phi) is 7.02. The third-order valence-corrected chi connectivity index (χ3v) is 3.23. The Labute approximate surface area is 129 Å². The molecule has 1 rings (SSSR count). The number of unbranched alkanes of at least 4 members (excludes halogenated alkanes) is 1. The zero-order valence-corrected chi connectivity index (χ0v) is 13.2. The summed E-state index contributed by atoms with van der Waals surface area (Å²) in [5, 5.41) is 0. The predicted octanol–water partition coefficient (Wildman–Crippen LogP) is 5.38. The normalized spacial score (nSPS) is 12.7. The van der Waals surface area contributed by atoms with E-state index < -0.39 is 11.7 Å². The summed E-state index contributed by atoms with van der Waals surface area (Å²) >= 11 is 0. The molecule has 0 saturated carbocycles. The molecule has 0 heterocycles. The van der Waals surface area contributed by atoms with E-state index in [4.69, 9.17) is 4.74 Å². The number of benzene rings is 1. The number of nitrogens with zero attached hydrogens (tertiary/aromatic N) is 1. The van der Waals surface area contributed by atoms with Gasteiger partial charge >= 0.3 is 6.18 Å². The highest BCUT2D eigenvalue weighted by atomic mass is 19.4. The van der Waals surface area contributed by atoms with Crippen molar-refractivity contribution >= 4 is 5.69 Å². The molecule has 22 heavy (non-hydrogen) atoms. The monoisotopic (exact) mass is 313 g/mol. The Morgan fingerprint density at radius 3 is 2.36 bits per heavy atom. The number of ether oxygens (including phenoxy) is 1. The molecule has 1 aromatic carbocycles. The number of anilines is 1. The van der Waals surface area contributed by atoms with E-state index in [0.29, 0.717) is 5.69 Å². The zero-order valence-electron chi connectivity index (χ0n) is 13.2. The third kappa shape index (κ3) is 5.84. The molecule has 5 heteroatoms. The van der Waals surface area contributed by atoms with Crippen molar-refractivity contribution in [1.29, 1.82) is 0 Å². The summed E-state index contributed by atoms with van der Waals surface area (Å²) < 4.78 is 42.8. The summed E-state index contributed by atoms with van der Waals surface area (Å²) in [4.78, 5) is 1.75. The third-order valence-electron chi connectivity index (χ3n) is 3.23. The Morgan fingerprint density at radius 2 is 1.86 bits per heavy atom. The van der Waals surface area contributed by atoms with Crippen LogP contribution in [0.15, 0.2) is 48.4 Å². The maximum atomic E-state index is 12.5. The number of rotatable bonds is 7. The fourth-order valence-electron chi connectivity index (χ4n) is 1.86. The van der Waals surface area contributed by atoms with E-state index >= 15 is 0 Å². The van der Waals surface area contributed by atoms with Crippen LogP contribution < -0.4 is 4.90 Å². The molecule has 0 saturated heterocycles. The van der Waals surface area contributed by atoms with Crippen LogP contribution in [0.2, 0.25) is 0 Å². The average Bonchev–Trinajstić information content (AvgIpc) is 2.49. The minimum atomic E-state index is -4.30. The fourth-order valence-corrected chi connectivity index (χ4v) is 1.86. The molecule has 122 valence electrons. The van der Waals surface area contributed by atoms with Gasteiger partial charge in [0.25, 0.3) is 0 Å². The van der Waals surface area contributed by atoms with Crippen LogP contribution >= 0.6 is 0 Å². The van der Waals surface area contributed by atoms with Gasteiger partial charge in [0.15, 0.2) is 0 Å². The number of alkyl halides is 3. The Bertz CT molecular complexity index is 504. The topological polar surface area (TPSA) is 12.5 Å². The lowest BCUT2D eigenvalue weighted by Gasteiger charge is -2.15. The molecule has 1 aromatic rings. The molecule has 0 fully saturated rings. The van der Waals surface area contributed by atoms with Gasteiger partial charge in [0.2, 0.25) is 0 Å². The minimum absolute atomic E-state index is 0.644. The molecule has 0 atom stereocenters. The van der Waals surface area contributed by atoms with Crippen LogP contribution in [0.3, 0.4) is 0 Å². The SMILES string of the molecule is CCCC/C(=C\C=C\N(C)c1ccc(C(F)(F)F)cc1)OC. The first-order valence-electron chi connectivity index (χ1n) is 7.20. The molecular weight excluding hydrogens is 291 g/mol. The standard InChI is InChI=1S/C17H22F3NO/c1-4-5-7-16(22-3)8-6-13-21(2)15-11-9-14(10-12-15)17(18,19)20/h6,8-13H,4-5,7H2,1-3H3/b13-6+,16-8+. The van der Waals surface area contributed by atoms with Gasteiger partial charge in [-0.25, -0.2) is 0 Å². The first kappa shape index (κ1) is 18.1. The van der Waals surface area contributed by atoms with E-state index in [2.05, 4.69) is 6.92 Å². The first-order valence-corrected chi connectivity index (χ1v) is 7.20. The lowest BCUT2D eigenvalue weighted by molar-refractivity contribution is -0.137. The van der Waals surface area contributed by atoms with Crippen molar-refractivity contribution in [2.75, 3.05) is 19.1 Å². The van der Waals surface area contributed by atoms with Gasteiger partial charge in [-0.1, -0.05) is 13.3 Å². The van der Waals surface area contributed by atoms with Crippen molar-refractivity contribution in [3.8, 4) is 0 Å². The van der Waals surface area contributed by atoms with Crippen molar-refractivity contribution in [2.24, 2.45) is 0 Å². The maximum absolute atomic E-state index is 12.5. The molecule has 0 amide bonds. The molecule has 0 N–H and O–H groups in total. The summed E-state index contributed by atoms with van der Waals surface area (Å²) in [5.41, 5.74) is 0.0416. The Hall–Kier alpha value is -1.91. The summed E-state index contributed by atoms with van der Waals surface area (Å²) in [6.45, 7) is 2.11. The molecule has 0 spiro atoms. The van der Waals surface area contributed by atoms with Gasteiger partial charge in [0.05, 0.1) is 18.4 Å². The van der Waals surface area contributed by atoms with Gasteiger partial charge in [0.1, 0.15) is 0 Å². The average molecular weight is 313 g/mol. The highest BCUT2D eigenvalue weighted by Gasteiger charge is 2.29. The van der Waals surface area contributed by atoms with E-state index in [1.54, 1.807) is 25.3 Å². The number of methoxy groups -OCH3 is 1. The van der Waals surface area contributed by atoms with Crippen molar-refractivity contribution < 1.29 is 17.9 Å². The van der Waals surface area contributed by atoms with Crippen LogP contribution in [0, 0.1) is 0 Å². The number of halogens is 3. The summed E-state index contributed by atoms with van der Waals surface area (Å²) in [6.07, 6.45) is 4.21. The van der Waals surface area contributed by atoms with E-state index in [-0.39, 0.29) is 0 Å². The largest absolute Gasteiger partial charge is 0.501 e. The fraction of sp³-hybridized carbons (Fsp3) is 0.412. The van der Waals surface area contributed by atoms with Crippen LogP contribution in [0.4, 0.5) is 18.9 Å². The second-order valence-electron chi connectivity index (χ2n) is 4.94. The number of hydrogen-bond acceptors (Lipinski definition) is 2. The molecule has 0 bridgehead atoms. The van der Waals surface area contributed by atoms with Crippen LogP contribution in [-0.2, 0) is 10.9 Å². The zero-order chi connectivity index (χ0) is 16.6. The van der Waals surface area contributed by atoms with Crippen molar-refractivity contribution in [3.63, 3.8) is 0 Å². The number of allylic oxidation sites excluding steroid dienone is 3. The maximum Gasteiger partial charge on any atom is 0.416 e.